The zero-order valence-corrected chi connectivity index (χ0v) is 10.7. The van der Waals surface area contributed by atoms with Crippen LogP contribution >= 0.6 is 0 Å². The number of rotatable bonds is 5. The number of carbonyl (C=O) groups is 2. The Morgan fingerprint density at radius 3 is 2.90 bits per heavy atom. The van der Waals surface area contributed by atoms with E-state index in [1.807, 2.05) is 0 Å². The number of aromatic nitrogens is 3. The van der Waals surface area contributed by atoms with Gasteiger partial charge in [-0.05, 0) is 24.3 Å². The van der Waals surface area contributed by atoms with Gasteiger partial charge in [0.05, 0.1) is 6.20 Å². The quantitative estimate of drug-likeness (QED) is 0.805. The lowest BCUT2D eigenvalue weighted by atomic mass is 10.1. The summed E-state index contributed by atoms with van der Waals surface area (Å²) in [6.07, 6.45) is 4.91. The molecular formula is C13H11FN4O3. The van der Waals surface area contributed by atoms with Crippen LogP contribution in [-0.4, -0.2) is 32.0 Å². The largest absolute Gasteiger partial charge is 0.478 e. The van der Waals surface area contributed by atoms with E-state index in [4.69, 9.17) is 5.11 Å². The van der Waals surface area contributed by atoms with Gasteiger partial charge in [0.15, 0.2) is 0 Å². The molecule has 7 nitrogen and oxygen atoms in total. The highest BCUT2D eigenvalue weighted by molar-refractivity contribution is 5.91. The topological polar surface area (TPSA) is 97.1 Å². The molecule has 2 aromatic rings. The molecular weight excluding hydrogens is 279 g/mol. The molecule has 8 heteroatoms. The van der Waals surface area contributed by atoms with E-state index < -0.39 is 11.8 Å². The number of halogens is 1. The predicted molar refractivity (Wildman–Crippen MR) is 71.7 cm³/mol. The van der Waals surface area contributed by atoms with Gasteiger partial charge < -0.3 is 10.4 Å². The zero-order chi connectivity index (χ0) is 15.2. The van der Waals surface area contributed by atoms with Crippen molar-refractivity contribution in [2.45, 2.75) is 6.54 Å². The van der Waals surface area contributed by atoms with Crippen LogP contribution in [0.4, 0.5) is 10.1 Å². The highest BCUT2D eigenvalue weighted by Gasteiger charge is 2.06. The molecule has 0 aliphatic rings. The first-order chi connectivity index (χ1) is 10.0. The summed E-state index contributed by atoms with van der Waals surface area (Å²) in [5, 5.41) is 18.3. The van der Waals surface area contributed by atoms with Gasteiger partial charge in [-0.2, -0.15) is 0 Å². The molecule has 1 aromatic carbocycles. The summed E-state index contributed by atoms with van der Waals surface area (Å²) in [7, 11) is 0. The average molecular weight is 290 g/mol. The number of nitrogens with zero attached hydrogens (tertiary/aromatic N) is 3. The van der Waals surface area contributed by atoms with Crippen molar-refractivity contribution < 1.29 is 19.1 Å². The van der Waals surface area contributed by atoms with Gasteiger partial charge in [-0.3, -0.25) is 4.79 Å². The van der Waals surface area contributed by atoms with E-state index in [9.17, 15) is 14.0 Å². The van der Waals surface area contributed by atoms with Gasteiger partial charge in [-0.25, -0.2) is 13.9 Å². The fraction of sp³-hybridized carbons (Fsp3) is 0.0769. The molecule has 0 bridgehead atoms. The van der Waals surface area contributed by atoms with Gasteiger partial charge in [0.25, 0.3) is 0 Å². The summed E-state index contributed by atoms with van der Waals surface area (Å²) < 4.78 is 14.8. The SMILES string of the molecule is O=C(O)/C=C/c1cc(NC(=O)Cn2ccnn2)ccc1F. The molecule has 0 fully saturated rings. The minimum atomic E-state index is -1.19. The predicted octanol–water partition coefficient (Wildman–Crippen LogP) is 1.15. The summed E-state index contributed by atoms with van der Waals surface area (Å²) in [6, 6.07) is 3.87. The third-order valence-corrected chi connectivity index (χ3v) is 2.46. The lowest BCUT2D eigenvalue weighted by molar-refractivity contribution is -0.131. The number of benzene rings is 1. The van der Waals surface area contributed by atoms with E-state index >= 15 is 0 Å². The highest BCUT2D eigenvalue weighted by atomic mass is 19.1. The van der Waals surface area contributed by atoms with E-state index in [0.29, 0.717) is 5.69 Å². The van der Waals surface area contributed by atoms with E-state index in [1.165, 1.54) is 29.2 Å². The van der Waals surface area contributed by atoms with Gasteiger partial charge in [-0.1, -0.05) is 5.21 Å². The van der Waals surface area contributed by atoms with E-state index in [1.54, 1.807) is 0 Å². The highest BCUT2D eigenvalue weighted by Crippen LogP contribution is 2.16. The molecule has 108 valence electrons. The smallest absolute Gasteiger partial charge is 0.328 e. The minimum absolute atomic E-state index is 0.0301. The number of amides is 1. The second-order valence-electron chi connectivity index (χ2n) is 4.06. The molecule has 21 heavy (non-hydrogen) atoms. The van der Waals surface area contributed by atoms with Crippen molar-refractivity contribution in [3.63, 3.8) is 0 Å². The molecule has 0 aliphatic carbocycles. The van der Waals surface area contributed by atoms with Crippen LogP contribution in [0.2, 0.25) is 0 Å². The summed E-state index contributed by atoms with van der Waals surface area (Å²) in [6.45, 7) is -0.0301. The van der Waals surface area contributed by atoms with Gasteiger partial charge in [0.2, 0.25) is 5.91 Å². The lowest BCUT2D eigenvalue weighted by Gasteiger charge is -2.06. The number of carboxylic acids is 1. The molecule has 0 aliphatic heterocycles. The Balaban J connectivity index is 2.08. The van der Waals surface area contributed by atoms with Crippen LogP contribution in [0.25, 0.3) is 6.08 Å². The van der Waals surface area contributed by atoms with Crippen LogP contribution in [0.15, 0.2) is 36.7 Å². The third-order valence-electron chi connectivity index (χ3n) is 2.46. The van der Waals surface area contributed by atoms with E-state index in [2.05, 4.69) is 15.6 Å². The Morgan fingerprint density at radius 2 is 2.24 bits per heavy atom. The first-order valence-corrected chi connectivity index (χ1v) is 5.89. The van der Waals surface area contributed by atoms with Crippen molar-refractivity contribution >= 4 is 23.6 Å². The number of nitrogens with one attached hydrogen (secondary N) is 1. The second kappa shape index (κ2) is 6.42. The molecule has 1 aromatic heterocycles. The third kappa shape index (κ3) is 4.23. The van der Waals surface area contributed by atoms with E-state index in [0.717, 1.165) is 18.2 Å². The van der Waals surface area contributed by atoms with Gasteiger partial charge >= 0.3 is 5.97 Å². The Labute approximate surface area is 118 Å². The van der Waals surface area contributed by atoms with Crippen LogP contribution in [0.1, 0.15) is 5.56 Å². The molecule has 2 rings (SSSR count). The van der Waals surface area contributed by atoms with Crippen LogP contribution in [0, 0.1) is 5.82 Å². The number of carbonyl (C=O) groups excluding carboxylic acids is 1. The number of carboxylic acid groups (broad SMARTS) is 1. The molecule has 1 amide bonds. The van der Waals surface area contributed by atoms with Crippen LogP contribution in [0.3, 0.4) is 0 Å². The number of aliphatic carboxylic acids is 1. The number of hydrogen-bond donors (Lipinski definition) is 2. The Hall–Kier alpha value is -3.03. The fourth-order valence-electron chi connectivity index (χ4n) is 1.57. The van der Waals surface area contributed by atoms with E-state index in [-0.39, 0.29) is 18.0 Å². The van der Waals surface area contributed by atoms with Crippen molar-refractivity contribution in [3.05, 3.63) is 48.0 Å². The summed E-state index contributed by atoms with van der Waals surface area (Å²) in [4.78, 5) is 22.2. The van der Waals surface area contributed by atoms with Crippen molar-refractivity contribution in [2.24, 2.45) is 0 Å². The first kappa shape index (κ1) is 14.4. The summed E-state index contributed by atoms with van der Waals surface area (Å²) in [5.41, 5.74) is 0.419. The molecule has 0 unspecified atom stereocenters. The Bertz CT molecular complexity index is 683. The normalized spacial score (nSPS) is 10.7. The maximum absolute atomic E-state index is 13.5. The standard InChI is InChI=1S/C13H11FN4O3/c14-11-3-2-10(7-9(11)1-4-13(20)21)16-12(19)8-18-6-5-15-17-18/h1-7H,8H2,(H,16,19)(H,20,21)/b4-1+. The van der Waals surface area contributed by atoms with Crippen molar-refractivity contribution in [3.8, 4) is 0 Å². The maximum atomic E-state index is 13.5. The zero-order valence-electron chi connectivity index (χ0n) is 10.7. The first-order valence-electron chi connectivity index (χ1n) is 5.89. The monoisotopic (exact) mass is 290 g/mol. The van der Waals surface area contributed by atoms with Crippen LogP contribution in [0.5, 0.6) is 0 Å². The molecule has 0 spiro atoms. The van der Waals surface area contributed by atoms with Crippen molar-refractivity contribution in [2.75, 3.05) is 5.32 Å². The minimum Gasteiger partial charge on any atom is -0.478 e. The summed E-state index contributed by atoms with van der Waals surface area (Å²) in [5.74, 6) is -2.13. The molecule has 0 radical (unpaired) electrons. The van der Waals surface area contributed by atoms with Gasteiger partial charge in [0.1, 0.15) is 12.4 Å². The molecule has 0 saturated heterocycles. The summed E-state index contributed by atoms with van der Waals surface area (Å²) >= 11 is 0. The number of hydrogen-bond acceptors (Lipinski definition) is 4. The second-order valence-corrected chi connectivity index (χ2v) is 4.06. The molecule has 1 heterocycles. The fourth-order valence-corrected chi connectivity index (χ4v) is 1.57. The Morgan fingerprint density at radius 1 is 1.43 bits per heavy atom. The van der Waals surface area contributed by atoms with Crippen molar-refractivity contribution in [1.82, 2.24) is 15.0 Å². The molecule has 2 N–H and O–H groups in total. The average Bonchev–Trinajstić information content (AvgIpc) is 2.92. The van der Waals surface area contributed by atoms with Crippen LogP contribution < -0.4 is 5.32 Å². The number of anilines is 1. The van der Waals surface area contributed by atoms with Crippen molar-refractivity contribution in [1.29, 1.82) is 0 Å². The molecule has 0 atom stereocenters. The lowest BCUT2D eigenvalue weighted by Crippen LogP contribution is -2.19. The Kier molecular flexibility index (Phi) is 4.39. The molecule has 0 saturated carbocycles. The van der Waals surface area contributed by atoms with Crippen LogP contribution in [-0.2, 0) is 16.1 Å². The van der Waals surface area contributed by atoms with Gasteiger partial charge in [0, 0.05) is 23.5 Å². The van der Waals surface area contributed by atoms with Gasteiger partial charge in [-0.15, -0.1) is 5.10 Å². The maximum Gasteiger partial charge on any atom is 0.328 e.